The fourth-order valence-corrected chi connectivity index (χ4v) is 2.14. The van der Waals surface area contributed by atoms with Crippen molar-refractivity contribution < 1.29 is 45.0 Å². The van der Waals surface area contributed by atoms with E-state index in [1.807, 2.05) is 0 Å². The molecule has 0 bridgehead atoms. The first-order valence-corrected chi connectivity index (χ1v) is 6.18. The number of carbonyl (C=O) groups is 2. The zero-order valence-electron chi connectivity index (χ0n) is 11.2. The first-order valence-electron chi connectivity index (χ1n) is 6.18. The van der Waals surface area contributed by atoms with E-state index in [9.17, 15) is 30.0 Å². The maximum absolute atomic E-state index is 11.1. The van der Waals surface area contributed by atoms with Gasteiger partial charge in [-0.15, -0.1) is 0 Å². The SMILES string of the molecule is CC(=O)N[C@@H]1C(O)CC(O)(C(=O)O)O[C@@H]1[C@H](O)[C@H](O)CO. The van der Waals surface area contributed by atoms with Crippen molar-refractivity contribution in [3.05, 3.63) is 0 Å². The van der Waals surface area contributed by atoms with Crippen molar-refractivity contribution in [1.82, 2.24) is 5.32 Å². The summed E-state index contributed by atoms with van der Waals surface area (Å²) < 4.78 is 4.86. The zero-order valence-corrected chi connectivity index (χ0v) is 11.2. The van der Waals surface area contributed by atoms with Gasteiger partial charge in [0, 0.05) is 13.3 Å². The van der Waals surface area contributed by atoms with Gasteiger partial charge in [-0.25, -0.2) is 4.79 Å². The molecule has 1 aliphatic rings. The third-order valence-corrected chi connectivity index (χ3v) is 3.21. The highest BCUT2D eigenvalue weighted by molar-refractivity contribution is 5.76. The van der Waals surface area contributed by atoms with Crippen molar-refractivity contribution in [2.24, 2.45) is 0 Å². The molecule has 1 heterocycles. The van der Waals surface area contributed by atoms with Gasteiger partial charge in [0.15, 0.2) is 0 Å². The van der Waals surface area contributed by atoms with Crippen LogP contribution in [0, 0.1) is 0 Å². The molecule has 0 spiro atoms. The summed E-state index contributed by atoms with van der Waals surface area (Å²) in [6.07, 6.45) is -7.48. The number of hydrogen-bond acceptors (Lipinski definition) is 8. The average molecular weight is 309 g/mol. The van der Waals surface area contributed by atoms with Crippen LogP contribution in [-0.2, 0) is 14.3 Å². The van der Waals surface area contributed by atoms with Crippen LogP contribution in [0.25, 0.3) is 0 Å². The van der Waals surface area contributed by atoms with E-state index < -0.39 is 61.1 Å². The molecule has 2 unspecified atom stereocenters. The molecule has 6 atom stereocenters. The lowest BCUT2D eigenvalue weighted by Gasteiger charge is -2.44. The Morgan fingerprint density at radius 3 is 2.43 bits per heavy atom. The first kappa shape index (κ1) is 17.8. The number of carboxylic acid groups (broad SMARTS) is 1. The molecule has 1 fully saturated rings. The van der Waals surface area contributed by atoms with Crippen molar-refractivity contribution in [2.75, 3.05) is 6.61 Å². The van der Waals surface area contributed by atoms with E-state index in [0.717, 1.165) is 6.92 Å². The van der Waals surface area contributed by atoms with E-state index in [1.54, 1.807) is 0 Å². The summed E-state index contributed by atoms with van der Waals surface area (Å²) in [6.45, 7) is 0.256. The Labute approximate surface area is 119 Å². The molecule has 0 aromatic heterocycles. The molecule has 1 aliphatic heterocycles. The van der Waals surface area contributed by atoms with Crippen LogP contribution >= 0.6 is 0 Å². The summed E-state index contributed by atoms with van der Waals surface area (Å²) in [7, 11) is 0. The molecule has 1 rings (SSSR count). The van der Waals surface area contributed by atoms with Crippen molar-refractivity contribution in [2.45, 2.75) is 49.6 Å². The van der Waals surface area contributed by atoms with Gasteiger partial charge in [0.25, 0.3) is 5.79 Å². The molecule has 0 aromatic carbocycles. The Bertz CT molecular complexity index is 403. The lowest BCUT2D eigenvalue weighted by Crippen LogP contribution is -2.67. The molecular formula is C11H19NO9. The van der Waals surface area contributed by atoms with Crippen LogP contribution in [0.2, 0.25) is 0 Å². The fraction of sp³-hybridized carbons (Fsp3) is 0.818. The number of aliphatic carboxylic acids is 1. The Balaban J connectivity index is 3.07. The van der Waals surface area contributed by atoms with Crippen molar-refractivity contribution >= 4 is 11.9 Å². The molecule has 1 amide bonds. The summed E-state index contributed by atoms with van der Waals surface area (Å²) >= 11 is 0. The average Bonchev–Trinajstić information content (AvgIpc) is 2.39. The lowest BCUT2D eigenvalue weighted by atomic mass is 9.88. The van der Waals surface area contributed by atoms with E-state index in [0.29, 0.717) is 0 Å². The molecule has 10 nitrogen and oxygen atoms in total. The minimum atomic E-state index is -2.78. The number of aliphatic hydroxyl groups excluding tert-OH is 4. The number of carboxylic acids is 1. The van der Waals surface area contributed by atoms with Crippen molar-refractivity contribution in [1.29, 1.82) is 0 Å². The lowest BCUT2D eigenvalue weighted by molar-refractivity contribution is -0.295. The van der Waals surface area contributed by atoms with E-state index >= 15 is 0 Å². The number of carbonyl (C=O) groups excluding carboxylic acids is 1. The Kier molecular flexibility index (Phi) is 5.61. The predicted molar refractivity (Wildman–Crippen MR) is 64.8 cm³/mol. The smallest absolute Gasteiger partial charge is 0.364 e. The van der Waals surface area contributed by atoms with Gasteiger partial charge < -0.3 is 40.7 Å². The minimum Gasteiger partial charge on any atom is -0.477 e. The molecule has 1 saturated heterocycles. The van der Waals surface area contributed by atoms with Crippen LogP contribution in [-0.4, -0.2) is 85.4 Å². The normalized spacial score (nSPS) is 35.8. The van der Waals surface area contributed by atoms with Gasteiger partial charge >= 0.3 is 5.97 Å². The highest BCUT2D eigenvalue weighted by Crippen LogP contribution is 2.30. The number of ether oxygens (including phenoxy) is 1. The van der Waals surface area contributed by atoms with Crippen LogP contribution in [0.4, 0.5) is 0 Å². The van der Waals surface area contributed by atoms with Gasteiger partial charge in [-0.2, -0.15) is 0 Å². The number of amides is 1. The second-order valence-corrected chi connectivity index (χ2v) is 4.91. The fourth-order valence-electron chi connectivity index (χ4n) is 2.14. The minimum absolute atomic E-state index is 0.598. The third kappa shape index (κ3) is 3.87. The number of nitrogens with one attached hydrogen (secondary N) is 1. The summed E-state index contributed by atoms with van der Waals surface area (Å²) in [5.74, 6) is -5.17. The summed E-state index contributed by atoms with van der Waals surface area (Å²) in [5.41, 5.74) is 0. The van der Waals surface area contributed by atoms with Gasteiger partial charge in [-0.1, -0.05) is 0 Å². The summed E-state index contributed by atoms with van der Waals surface area (Å²) in [6, 6.07) is -1.27. The van der Waals surface area contributed by atoms with E-state index in [4.69, 9.17) is 14.9 Å². The number of hydrogen-bond donors (Lipinski definition) is 7. The molecule has 21 heavy (non-hydrogen) atoms. The Hall–Kier alpha value is -1.30. The Morgan fingerprint density at radius 1 is 1.43 bits per heavy atom. The third-order valence-electron chi connectivity index (χ3n) is 3.21. The highest BCUT2D eigenvalue weighted by atomic mass is 16.7. The molecule has 0 saturated carbocycles. The van der Waals surface area contributed by atoms with E-state index in [-0.39, 0.29) is 0 Å². The predicted octanol–water partition coefficient (Wildman–Crippen LogP) is -3.87. The Morgan fingerprint density at radius 2 is 2.00 bits per heavy atom. The largest absolute Gasteiger partial charge is 0.477 e. The number of rotatable bonds is 5. The molecule has 10 heteroatoms. The molecule has 0 aliphatic carbocycles. The van der Waals surface area contributed by atoms with Crippen molar-refractivity contribution in [3.63, 3.8) is 0 Å². The zero-order chi connectivity index (χ0) is 16.4. The van der Waals surface area contributed by atoms with Gasteiger partial charge in [0.1, 0.15) is 18.3 Å². The molecule has 0 aromatic rings. The van der Waals surface area contributed by atoms with Gasteiger partial charge in [-0.05, 0) is 0 Å². The van der Waals surface area contributed by atoms with Crippen LogP contribution in [0.5, 0.6) is 0 Å². The molecule has 122 valence electrons. The molecular weight excluding hydrogens is 290 g/mol. The summed E-state index contributed by atoms with van der Waals surface area (Å²) in [5, 5.41) is 59.0. The van der Waals surface area contributed by atoms with Crippen LogP contribution in [0.15, 0.2) is 0 Å². The summed E-state index contributed by atoms with van der Waals surface area (Å²) in [4.78, 5) is 22.1. The maximum Gasteiger partial charge on any atom is 0.364 e. The van der Waals surface area contributed by atoms with Crippen LogP contribution in [0.1, 0.15) is 13.3 Å². The highest BCUT2D eigenvalue weighted by Gasteiger charge is 2.53. The first-order chi connectivity index (χ1) is 9.62. The maximum atomic E-state index is 11.1. The van der Waals surface area contributed by atoms with E-state index in [1.165, 1.54) is 0 Å². The quantitative estimate of drug-likeness (QED) is 0.268. The van der Waals surface area contributed by atoms with E-state index in [2.05, 4.69) is 5.32 Å². The van der Waals surface area contributed by atoms with Crippen LogP contribution < -0.4 is 5.32 Å². The van der Waals surface area contributed by atoms with Gasteiger partial charge in [0.2, 0.25) is 5.91 Å². The van der Waals surface area contributed by atoms with Crippen molar-refractivity contribution in [3.8, 4) is 0 Å². The standard InChI is InChI=1S/C11H19NO9/c1-4(14)12-7-5(15)2-11(20,10(18)19)21-9(7)8(17)6(16)3-13/h5-9,13,15-17,20H,2-3H2,1H3,(H,12,14)(H,18,19)/t5?,6-,7-,8-,9+,11?/m1/s1. The van der Waals surface area contributed by atoms with Gasteiger partial charge in [-0.3, -0.25) is 4.79 Å². The topological polar surface area (TPSA) is 177 Å². The van der Waals surface area contributed by atoms with Gasteiger partial charge in [0.05, 0.1) is 18.8 Å². The second kappa shape index (κ2) is 6.64. The second-order valence-electron chi connectivity index (χ2n) is 4.91. The molecule has 0 radical (unpaired) electrons. The monoisotopic (exact) mass is 309 g/mol. The van der Waals surface area contributed by atoms with Crippen LogP contribution in [0.3, 0.4) is 0 Å². The number of aliphatic hydroxyl groups is 5. The molecule has 7 N–H and O–H groups in total.